The SMILES string of the molecule is C=CCCC(Cc1c(F)cccc1F)NN. The Kier molecular flexibility index (Phi) is 5.08. The summed E-state index contributed by atoms with van der Waals surface area (Å²) in [7, 11) is 0. The molecule has 16 heavy (non-hydrogen) atoms. The van der Waals surface area contributed by atoms with E-state index in [0.29, 0.717) is 6.42 Å². The lowest BCUT2D eigenvalue weighted by molar-refractivity contribution is 0.466. The van der Waals surface area contributed by atoms with Gasteiger partial charge in [-0.25, -0.2) is 8.78 Å². The Morgan fingerprint density at radius 3 is 2.50 bits per heavy atom. The maximum absolute atomic E-state index is 13.3. The molecule has 0 saturated carbocycles. The fraction of sp³-hybridized carbons (Fsp3) is 0.333. The van der Waals surface area contributed by atoms with Crippen LogP contribution < -0.4 is 11.3 Å². The highest BCUT2D eigenvalue weighted by atomic mass is 19.1. The molecular weight excluding hydrogens is 210 g/mol. The van der Waals surface area contributed by atoms with Crippen molar-refractivity contribution in [1.82, 2.24) is 5.43 Å². The number of hydrazine groups is 1. The van der Waals surface area contributed by atoms with Crippen LogP contribution in [0, 0.1) is 11.6 Å². The standard InChI is InChI=1S/C12H16F2N2/c1-2-3-5-9(16-15)8-10-11(13)6-4-7-12(10)14/h2,4,6-7,9,16H,1,3,5,8,15H2. The summed E-state index contributed by atoms with van der Waals surface area (Å²) in [5.74, 6) is 4.27. The van der Waals surface area contributed by atoms with E-state index in [0.717, 1.165) is 6.42 Å². The zero-order chi connectivity index (χ0) is 12.0. The molecule has 0 saturated heterocycles. The largest absolute Gasteiger partial charge is 0.271 e. The van der Waals surface area contributed by atoms with Gasteiger partial charge >= 0.3 is 0 Å². The quantitative estimate of drug-likeness (QED) is 0.444. The maximum Gasteiger partial charge on any atom is 0.129 e. The Hall–Kier alpha value is -1.26. The van der Waals surface area contributed by atoms with Crippen LogP contribution in [0.3, 0.4) is 0 Å². The van der Waals surface area contributed by atoms with Gasteiger partial charge in [0.25, 0.3) is 0 Å². The second kappa shape index (κ2) is 6.35. The van der Waals surface area contributed by atoms with Crippen molar-refractivity contribution in [2.75, 3.05) is 0 Å². The molecule has 4 heteroatoms. The highest BCUT2D eigenvalue weighted by Gasteiger charge is 2.14. The lowest BCUT2D eigenvalue weighted by atomic mass is 10.0. The van der Waals surface area contributed by atoms with Crippen LogP contribution in [0.25, 0.3) is 0 Å². The van der Waals surface area contributed by atoms with Crippen LogP contribution in [0.5, 0.6) is 0 Å². The van der Waals surface area contributed by atoms with Crippen molar-refractivity contribution in [1.29, 1.82) is 0 Å². The van der Waals surface area contributed by atoms with Crippen LogP contribution in [0.15, 0.2) is 30.9 Å². The predicted octanol–water partition coefficient (Wildman–Crippen LogP) is 2.31. The molecule has 1 aromatic carbocycles. The van der Waals surface area contributed by atoms with Crippen LogP contribution in [-0.4, -0.2) is 6.04 Å². The smallest absolute Gasteiger partial charge is 0.129 e. The Bertz CT molecular complexity index is 333. The van der Waals surface area contributed by atoms with Crippen molar-refractivity contribution >= 4 is 0 Å². The second-order valence-electron chi connectivity index (χ2n) is 3.63. The molecule has 88 valence electrons. The van der Waals surface area contributed by atoms with Crippen LogP contribution in [0.4, 0.5) is 8.78 Å². The van der Waals surface area contributed by atoms with Crippen molar-refractivity contribution in [3.63, 3.8) is 0 Å². The number of nitrogens with two attached hydrogens (primary N) is 1. The topological polar surface area (TPSA) is 38.0 Å². The molecule has 0 aliphatic carbocycles. The summed E-state index contributed by atoms with van der Waals surface area (Å²) in [6.07, 6.45) is 3.45. The fourth-order valence-electron chi connectivity index (χ4n) is 1.54. The van der Waals surface area contributed by atoms with E-state index in [9.17, 15) is 8.78 Å². The zero-order valence-electron chi connectivity index (χ0n) is 9.05. The third kappa shape index (κ3) is 3.40. The molecule has 3 N–H and O–H groups in total. The summed E-state index contributed by atoms with van der Waals surface area (Å²) in [6, 6.07) is 3.70. The van der Waals surface area contributed by atoms with Gasteiger partial charge in [0, 0.05) is 11.6 Å². The van der Waals surface area contributed by atoms with Gasteiger partial charge in [-0.05, 0) is 31.4 Å². The maximum atomic E-state index is 13.3. The number of nitrogens with one attached hydrogen (secondary N) is 1. The highest BCUT2D eigenvalue weighted by molar-refractivity contribution is 5.20. The summed E-state index contributed by atoms with van der Waals surface area (Å²) < 4.78 is 26.7. The molecule has 0 aliphatic rings. The molecule has 0 heterocycles. The predicted molar refractivity (Wildman–Crippen MR) is 60.6 cm³/mol. The Morgan fingerprint density at radius 2 is 2.00 bits per heavy atom. The van der Waals surface area contributed by atoms with Crippen LogP contribution in [-0.2, 0) is 6.42 Å². The third-order valence-corrected chi connectivity index (χ3v) is 2.47. The molecule has 0 radical (unpaired) electrons. The molecule has 1 aromatic rings. The number of hydrogen-bond donors (Lipinski definition) is 2. The number of hydrogen-bond acceptors (Lipinski definition) is 2. The Labute approximate surface area is 94.1 Å². The Balaban J connectivity index is 2.73. The van der Waals surface area contributed by atoms with E-state index >= 15 is 0 Å². The molecule has 0 spiro atoms. The van der Waals surface area contributed by atoms with Crippen molar-refractivity contribution in [2.45, 2.75) is 25.3 Å². The van der Waals surface area contributed by atoms with Gasteiger partial charge in [0.2, 0.25) is 0 Å². The Morgan fingerprint density at radius 1 is 1.38 bits per heavy atom. The fourth-order valence-corrected chi connectivity index (χ4v) is 1.54. The summed E-state index contributed by atoms with van der Waals surface area (Å²) >= 11 is 0. The van der Waals surface area contributed by atoms with Gasteiger partial charge < -0.3 is 0 Å². The normalized spacial score (nSPS) is 12.4. The van der Waals surface area contributed by atoms with E-state index in [-0.39, 0.29) is 18.0 Å². The van der Waals surface area contributed by atoms with Crippen molar-refractivity contribution in [3.8, 4) is 0 Å². The van der Waals surface area contributed by atoms with Crippen LogP contribution in [0.1, 0.15) is 18.4 Å². The van der Waals surface area contributed by atoms with Gasteiger partial charge in [0.1, 0.15) is 11.6 Å². The van der Waals surface area contributed by atoms with Crippen LogP contribution >= 0.6 is 0 Å². The molecule has 0 fully saturated rings. The molecule has 0 aliphatic heterocycles. The minimum atomic E-state index is -0.529. The second-order valence-corrected chi connectivity index (χ2v) is 3.63. The number of allylic oxidation sites excluding steroid dienone is 1. The summed E-state index contributed by atoms with van der Waals surface area (Å²) in [5.41, 5.74) is 2.64. The van der Waals surface area contributed by atoms with E-state index in [1.165, 1.54) is 18.2 Å². The first kappa shape index (κ1) is 12.8. The molecule has 1 atom stereocenters. The minimum absolute atomic E-state index is 0.0783. The average Bonchev–Trinajstić information content (AvgIpc) is 2.28. The van der Waals surface area contributed by atoms with Gasteiger partial charge in [-0.2, -0.15) is 0 Å². The number of benzene rings is 1. The monoisotopic (exact) mass is 226 g/mol. The molecule has 0 amide bonds. The van der Waals surface area contributed by atoms with Crippen molar-refractivity contribution in [2.24, 2.45) is 5.84 Å². The molecule has 0 aromatic heterocycles. The third-order valence-electron chi connectivity index (χ3n) is 2.47. The average molecular weight is 226 g/mol. The first-order chi connectivity index (χ1) is 7.69. The van der Waals surface area contributed by atoms with E-state index in [1.54, 1.807) is 6.08 Å². The lowest BCUT2D eigenvalue weighted by Gasteiger charge is -2.15. The number of rotatable bonds is 6. The molecule has 1 rings (SSSR count). The highest BCUT2D eigenvalue weighted by Crippen LogP contribution is 2.15. The minimum Gasteiger partial charge on any atom is -0.271 e. The van der Waals surface area contributed by atoms with Gasteiger partial charge in [0.15, 0.2) is 0 Å². The molecular formula is C12H16F2N2. The molecule has 0 bridgehead atoms. The van der Waals surface area contributed by atoms with E-state index < -0.39 is 11.6 Å². The van der Waals surface area contributed by atoms with Gasteiger partial charge in [0.05, 0.1) is 0 Å². The lowest BCUT2D eigenvalue weighted by Crippen LogP contribution is -2.37. The van der Waals surface area contributed by atoms with Crippen LogP contribution in [0.2, 0.25) is 0 Å². The van der Waals surface area contributed by atoms with Crippen molar-refractivity contribution in [3.05, 3.63) is 48.1 Å². The van der Waals surface area contributed by atoms with E-state index in [4.69, 9.17) is 5.84 Å². The first-order valence-corrected chi connectivity index (χ1v) is 5.19. The van der Waals surface area contributed by atoms with Gasteiger partial charge in [-0.15, -0.1) is 6.58 Å². The molecule has 1 unspecified atom stereocenters. The van der Waals surface area contributed by atoms with Gasteiger partial charge in [-0.1, -0.05) is 12.1 Å². The zero-order valence-corrected chi connectivity index (χ0v) is 9.05. The van der Waals surface area contributed by atoms with Crippen molar-refractivity contribution < 1.29 is 8.78 Å². The first-order valence-electron chi connectivity index (χ1n) is 5.19. The number of halogens is 2. The summed E-state index contributed by atoms with van der Waals surface area (Å²) in [5, 5.41) is 0. The molecule has 2 nitrogen and oxygen atoms in total. The van der Waals surface area contributed by atoms with Gasteiger partial charge in [-0.3, -0.25) is 11.3 Å². The summed E-state index contributed by atoms with van der Waals surface area (Å²) in [6.45, 7) is 3.59. The van der Waals surface area contributed by atoms with E-state index in [2.05, 4.69) is 12.0 Å². The van der Waals surface area contributed by atoms with E-state index in [1.807, 2.05) is 0 Å². The summed E-state index contributed by atoms with van der Waals surface area (Å²) in [4.78, 5) is 0.